The summed E-state index contributed by atoms with van der Waals surface area (Å²) < 4.78 is 17.9. The Morgan fingerprint density at radius 1 is 0.711 bits per heavy atom. The third-order valence-corrected chi connectivity index (χ3v) is 7.47. The molecule has 0 aliphatic rings. The molecule has 0 atom stereocenters. The van der Waals surface area contributed by atoms with Crippen molar-refractivity contribution in [2.24, 2.45) is 0 Å². The van der Waals surface area contributed by atoms with Crippen LogP contribution in [0.25, 0.3) is 0 Å². The molecule has 0 radical (unpaired) electrons. The van der Waals surface area contributed by atoms with Crippen LogP contribution in [0.3, 0.4) is 0 Å². The molecule has 0 spiro atoms. The van der Waals surface area contributed by atoms with E-state index < -0.39 is 5.60 Å². The lowest BCUT2D eigenvalue weighted by molar-refractivity contribution is -0.000310. The van der Waals surface area contributed by atoms with Crippen LogP contribution >= 0.6 is 0 Å². The number of hydrogen-bond acceptors (Lipinski definition) is 7. The van der Waals surface area contributed by atoms with Crippen molar-refractivity contribution in [3.05, 3.63) is 155 Å². The monoisotopic (exact) mass is 604 g/mol. The third kappa shape index (κ3) is 7.46. The van der Waals surface area contributed by atoms with E-state index in [0.29, 0.717) is 17.1 Å². The Bertz CT molecular complexity index is 1630. The number of ether oxygens (including phenoxy) is 3. The molecule has 0 saturated heterocycles. The molecule has 0 bridgehead atoms. The van der Waals surface area contributed by atoms with Gasteiger partial charge < -0.3 is 30.0 Å². The highest BCUT2D eigenvalue weighted by Gasteiger charge is 2.38. The van der Waals surface area contributed by atoms with Gasteiger partial charge in [-0.25, -0.2) is 4.79 Å². The summed E-state index contributed by atoms with van der Waals surface area (Å²) in [5, 5.41) is 15.0. The maximum Gasteiger partial charge on any atom is 0.315 e. The number of aromatic nitrogens is 2. The van der Waals surface area contributed by atoms with E-state index in [0.717, 1.165) is 33.8 Å². The summed E-state index contributed by atoms with van der Waals surface area (Å²) in [7, 11) is 3.28. The zero-order valence-corrected chi connectivity index (χ0v) is 25.3. The van der Waals surface area contributed by atoms with Crippen LogP contribution in [-0.2, 0) is 36.6 Å². The average Bonchev–Trinajstić information content (AvgIpc) is 3.11. The molecule has 2 amide bonds. The fourth-order valence-electron chi connectivity index (χ4n) is 5.14. The number of benzene rings is 3. The van der Waals surface area contributed by atoms with Gasteiger partial charge in [-0.05, 0) is 59.2 Å². The average molecular weight is 605 g/mol. The Labute approximate surface area is 262 Å². The van der Waals surface area contributed by atoms with Crippen LogP contribution in [0.15, 0.2) is 115 Å². The minimum Gasteiger partial charge on any atom is -0.497 e. The van der Waals surface area contributed by atoms with Crippen molar-refractivity contribution in [2.75, 3.05) is 14.2 Å². The number of rotatable bonds is 13. The molecule has 0 aliphatic heterocycles. The zero-order chi connectivity index (χ0) is 31.5. The van der Waals surface area contributed by atoms with Gasteiger partial charge >= 0.3 is 6.03 Å². The number of pyridine rings is 2. The molecule has 0 aliphatic carbocycles. The van der Waals surface area contributed by atoms with E-state index in [1.807, 2.05) is 78.9 Å². The first-order chi connectivity index (χ1) is 22.0. The summed E-state index contributed by atoms with van der Waals surface area (Å²) in [6.07, 6.45) is 1.69. The van der Waals surface area contributed by atoms with Crippen molar-refractivity contribution in [1.82, 2.24) is 20.6 Å². The number of amides is 2. The number of aliphatic hydroxyl groups is 1. The molecule has 5 aromatic rings. The Balaban J connectivity index is 1.41. The van der Waals surface area contributed by atoms with E-state index >= 15 is 0 Å². The Morgan fingerprint density at radius 3 is 1.93 bits per heavy atom. The van der Waals surface area contributed by atoms with E-state index in [9.17, 15) is 9.90 Å². The number of carbonyl (C=O) groups excluding carboxylic acids is 1. The normalized spacial score (nSPS) is 11.1. The number of hydrogen-bond donors (Lipinski definition) is 3. The van der Waals surface area contributed by atoms with Gasteiger partial charge in [-0.1, -0.05) is 66.7 Å². The van der Waals surface area contributed by atoms with Crippen LogP contribution < -0.4 is 20.1 Å². The largest absolute Gasteiger partial charge is 0.497 e. The van der Waals surface area contributed by atoms with Crippen molar-refractivity contribution in [2.45, 2.75) is 31.9 Å². The van der Waals surface area contributed by atoms with Gasteiger partial charge in [0.15, 0.2) is 0 Å². The van der Waals surface area contributed by atoms with Crippen molar-refractivity contribution in [3.8, 4) is 11.5 Å². The van der Waals surface area contributed by atoms with E-state index in [-0.39, 0.29) is 32.3 Å². The van der Waals surface area contributed by atoms with Crippen molar-refractivity contribution >= 4 is 6.03 Å². The van der Waals surface area contributed by atoms with Gasteiger partial charge in [-0.3, -0.25) is 9.97 Å². The molecule has 3 N–H and O–H groups in total. The van der Waals surface area contributed by atoms with Crippen molar-refractivity contribution in [3.63, 3.8) is 0 Å². The molecule has 5 rings (SSSR count). The fraction of sp³-hybridized carbons (Fsp3) is 0.194. The lowest BCUT2D eigenvalue weighted by Crippen LogP contribution is -2.35. The van der Waals surface area contributed by atoms with E-state index in [4.69, 9.17) is 14.2 Å². The Morgan fingerprint density at radius 2 is 1.31 bits per heavy atom. The fourth-order valence-corrected chi connectivity index (χ4v) is 5.14. The molecular formula is C36H36N4O5. The number of carbonyl (C=O) groups is 1. The maximum absolute atomic E-state index is 12.7. The topological polar surface area (TPSA) is 115 Å². The smallest absolute Gasteiger partial charge is 0.315 e. The quantitative estimate of drug-likeness (QED) is 0.152. The van der Waals surface area contributed by atoms with Crippen LogP contribution in [-0.4, -0.2) is 35.3 Å². The summed E-state index contributed by atoms with van der Waals surface area (Å²) in [5.74, 6) is 1.48. The Kier molecular flexibility index (Phi) is 10.4. The minimum atomic E-state index is -0.992. The highest BCUT2D eigenvalue weighted by atomic mass is 16.5. The van der Waals surface area contributed by atoms with Gasteiger partial charge in [0.1, 0.15) is 17.1 Å². The van der Waals surface area contributed by atoms with Gasteiger partial charge in [-0.15, -0.1) is 0 Å². The second-order valence-corrected chi connectivity index (χ2v) is 10.2. The van der Waals surface area contributed by atoms with Crippen LogP contribution in [0.4, 0.5) is 4.79 Å². The van der Waals surface area contributed by atoms with Crippen molar-refractivity contribution in [1.29, 1.82) is 0 Å². The molecule has 0 fully saturated rings. The van der Waals surface area contributed by atoms with Crippen LogP contribution in [0.5, 0.6) is 11.5 Å². The number of nitrogens with one attached hydrogen (secondary N) is 2. The molecule has 9 nitrogen and oxygen atoms in total. The lowest BCUT2D eigenvalue weighted by Gasteiger charge is -2.36. The van der Waals surface area contributed by atoms with Crippen LogP contribution in [0, 0.1) is 0 Å². The van der Waals surface area contributed by atoms with Gasteiger partial charge in [-0.2, -0.15) is 0 Å². The highest BCUT2D eigenvalue weighted by Crippen LogP contribution is 2.42. The molecule has 45 heavy (non-hydrogen) atoms. The predicted octanol–water partition coefficient (Wildman–Crippen LogP) is 5.49. The summed E-state index contributed by atoms with van der Waals surface area (Å²) in [4.78, 5) is 21.5. The molecule has 2 heterocycles. The van der Waals surface area contributed by atoms with E-state index in [2.05, 4.69) is 32.7 Å². The lowest BCUT2D eigenvalue weighted by atomic mass is 9.80. The molecule has 3 aromatic carbocycles. The summed E-state index contributed by atoms with van der Waals surface area (Å²) in [6, 6.07) is 34.6. The second-order valence-electron chi connectivity index (χ2n) is 10.2. The van der Waals surface area contributed by atoms with Gasteiger partial charge in [0.25, 0.3) is 0 Å². The standard InChI is InChI=1S/C36H36N4O5/c1-43-32-17-13-28(14-18-32)36(27-9-4-3-5-10-27,29-15-19-33(44-2)20-16-29)45-25-26-8-7-21-37-34(26)23-39-35(42)38-22-30-11-6-12-31(24-41)40-30/h3-21,41H,22-25H2,1-2H3,(H2,38,39,42). The SMILES string of the molecule is COc1ccc(C(OCc2cccnc2CNC(=O)NCc2cccc(CO)n2)(c2ccccc2)c2ccc(OC)cc2)cc1. The molecule has 0 unspecified atom stereocenters. The maximum atomic E-state index is 12.7. The van der Waals surface area contributed by atoms with Crippen LogP contribution in [0.1, 0.15) is 39.3 Å². The molecule has 0 saturated carbocycles. The first-order valence-corrected chi connectivity index (χ1v) is 14.5. The van der Waals surface area contributed by atoms with Gasteiger partial charge in [0.05, 0.1) is 57.6 Å². The summed E-state index contributed by atoms with van der Waals surface area (Å²) in [6.45, 7) is 0.463. The molecule has 230 valence electrons. The van der Waals surface area contributed by atoms with Crippen LogP contribution in [0.2, 0.25) is 0 Å². The minimum absolute atomic E-state index is 0.160. The first-order valence-electron chi connectivity index (χ1n) is 14.5. The highest BCUT2D eigenvalue weighted by molar-refractivity contribution is 5.73. The third-order valence-electron chi connectivity index (χ3n) is 7.47. The predicted molar refractivity (Wildman–Crippen MR) is 171 cm³/mol. The summed E-state index contributed by atoms with van der Waals surface area (Å²) >= 11 is 0. The van der Waals surface area contributed by atoms with E-state index in [1.165, 1.54) is 0 Å². The van der Waals surface area contributed by atoms with Gasteiger partial charge in [0, 0.05) is 11.8 Å². The van der Waals surface area contributed by atoms with Gasteiger partial charge in [0.2, 0.25) is 0 Å². The van der Waals surface area contributed by atoms with E-state index in [1.54, 1.807) is 38.6 Å². The molecule has 2 aromatic heterocycles. The first kappa shape index (κ1) is 31.2. The Hall–Kier alpha value is -5.25. The zero-order valence-electron chi connectivity index (χ0n) is 25.3. The molecular weight excluding hydrogens is 568 g/mol. The number of aliphatic hydroxyl groups excluding tert-OH is 1. The van der Waals surface area contributed by atoms with Crippen molar-refractivity contribution < 1.29 is 24.1 Å². The molecule has 9 heteroatoms. The summed E-state index contributed by atoms with van der Waals surface area (Å²) in [5.41, 5.74) is 4.50. The number of methoxy groups -OCH3 is 2. The number of urea groups is 1. The second kappa shape index (κ2) is 15.0. The number of nitrogens with zero attached hydrogens (tertiary/aromatic N) is 2.